The molecule has 26 heavy (non-hydrogen) atoms. The zero-order chi connectivity index (χ0) is 18.7. The Kier molecular flexibility index (Phi) is 6.11. The molecular formula is C23H37NO2. The lowest BCUT2D eigenvalue weighted by Gasteiger charge is -2.45. The van der Waals surface area contributed by atoms with Gasteiger partial charge in [0.05, 0.1) is 11.2 Å². The van der Waals surface area contributed by atoms with Crippen molar-refractivity contribution >= 4 is 0 Å². The van der Waals surface area contributed by atoms with Crippen molar-refractivity contribution in [1.29, 1.82) is 0 Å². The van der Waals surface area contributed by atoms with Gasteiger partial charge in [-0.05, 0) is 84.4 Å². The van der Waals surface area contributed by atoms with Gasteiger partial charge in [-0.2, -0.15) is 0 Å². The van der Waals surface area contributed by atoms with Crippen LogP contribution >= 0.6 is 0 Å². The molecule has 0 saturated carbocycles. The van der Waals surface area contributed by atoms with E-state index in [1.165, 1.54) is 18.4 Å². The van der Waals surface area contributed by atoms with Gasteiger partial charge in [-0.25, -0.2) is 0 Å². The van der Waals surface area contributed by atoms with E-state index in [2.05, 4.69) is 63.3 Å². The Balaban J connectivity index is 1.59. The second kappa shape index (κ2) is 8.00. The number of hydrogen-bond acceptors (Lipinski definition) is 3. The van der Waals surface area contributed by atoms with Gasteiger partial charge in [-0.1, -0.05) is 30.3 Å². The van der Waals surface area contributed by atoms with E-state index in [-0.39, 0.29) is 16.6 Å². The predicted molar refractivity (Wildman–Crippen MR) is 108 cm³/mol. The molecule has 2 fully saturated rings. The molecule has 2 saturated heterocycles. The van der Waals surface area contributed by atoms with E-state index in [0.29, 0.717) is 0 Å². The van der Waals surface area contributed by atoms with Crippen LogP contribution in [0, 0.1) is 5.92 Å². The first-order chi connectivity index (χ1) is 12.3. The molecule has 2 atom stereocenters. The van der Waals surface area contributed by atoms with Crippen LogP contribution in [0.5, 0.6) is 0 Å². The van der Waals surface area contributed by atoms with Crippen molar-refractivity contribution < 1.29 is 9.47 Å². The maximum absolute atomic E-state index is 6.03. The van der Waals surface area contributed by atoms with Crippen LogP contribution in [0.15, 0.2) is 30.3 Å². The Morgan fingerprint density at radius 2 is 1.73 bits per heavy atom. The molecule has 0 aromatic heterocycles. The molecular weight excluding hydrogens is 322 g/mol. The minimum absolute atomic E-state index is 0.0423. The second-order valence-electron chi connectivity index (χ2n) is 9.60. The molecule has 0 aliphatic carbocycles. The van der Waals surface area contributed by atoms with Gasteiger partial charge >= 0.3 is 0 Å². The molecule has 146 valence electrons. The van der Waals surface area contributed by atoms with E-state index in [4.69, 9.17) is 9.47 Å². The van der Waals surface area contributed by atoms with Crippen molar-refractivity contribution in [2.24, 2.45) is 5.92 Å². The molecule has 3 rings (SSSR count). The maximum Gasteiger partial charge on any atom is 0.0635 e. The highest BCUT2D eigenvalue weighted by Crippen LogP contribution is 2.43. The highest BCUT2D eigenvalue weighted by molar-refractivity contribution is 5.27. The van der Waals surface area contributed by atoms with Gasteiger partial charge in [-0.15, -0.1) is 0 Å². The summed E-state index contributed by atoms with van der Waals surface area (Å²) in [6.07, 6.45) is 5.73. The molecule has 3 nitrogen and oxygen atoms in total. The molecule has 2 aliphatic rings. The SMILES string of the molecule is CC1(C)C[C@@H](CNCC[C@]2(c3ccccc3)CCOC(C)(C)C2)CCO1. The molecule has 0 unspecified atom stereocenters. The van der Waals surface area contributed by atoms with Crippen LogP contribution in [0.25, 0.3) is 0 Å². The number of hydrogen-bond donors (Lipinski definition) is 1. The lowest BCUT2D eigenvalue weighted by molar-refractivity contribution is -0.0845. The van der Waals surface area contributed by atoms with Crippen LogP contribution in [0.4, 0.5) is 0 Å². The van der Waals surface area contributed by atoms with E-state index < -0.39 is 0 Å². The second-order valence-corrected chi connectivity index (χ2v) is 9.60. The topological polar surface area (TPSA) is 30.5 Å². The minimum atomic E-state index is -0.0428. The van der Waals surface area contributed by atoms with E-state index in [1.807, 2.05) is 0 Å². The summed E-state index contributed by atoms with van der Waals surface area (Å²) in [5, 5.41) is 3.77. The molecule has 1 N–H and O–H groups in total. The van der Waals surface area contributed by atoms with Crippen LogP contribution in [-0.4, -0.2) is 37.5 Å². The van der Waals surface area contributed by atoms with E-state index in [0.717, 1.165) is 51.5 Å². The van der Waals surface area contributed by atoms with Gasteiger partial charge in [0, 0.05) is 18.6 Å². The van der Waals surface area contributed by atoms with Crippen LogP contribution in [0.3, 0.4) is 0 Å². The van der Waals surface area contributed by atoms with Crippen molar-refractivity contribution in [3.8, 4) is 0 Å². The predicted octanol–water partition coefficient (Wildman–Crippen LogP) is 4.70. The van der Waals surface area contributed by atoms with Gasteiger partial charge in [0.25, 0.3) is 0 Å². The van der Waals surface area contributed by atoms with Gasteiger partial charge in [0.15, 0.2) is 0 Å². The van der Waals surface area contributed by atoms with Gasteiger partial charge < -0.3 is 14.8 Å². The zero-order valence-electron chi connectivity index (χ0n) is 17.1. The summed E-state index contributed by atoms with van der Waals surface area (Å²) in [5.41, 5.74) is 1.70. The molecule has 0 spiro atoms. The van der Waals surface area contributed by atoms with Gasteiger partial charge in [-0.3, -0.25) is 0 Å². The fourth-order valence-corrected chi connectivity index (χ4v) is 5.04. The van der Waals surface area contributed by atoms with E-state index in [9.17, 15) is 0 Å². The monoisotopic (exact) mass is 359 g/mol. The number of benzene rings is 1. The maximum atomic E-state index is 6.03. The van der Waals surface area contributed by atoms with Crippen molar-refractivity contribution in [3.63, 3.8) is 0 Å². The molecule has 2 aliphatic heterocycles. The van der Waals surface area contributed by atoms with Crippen LogP contribution in [-0.2, 0) is 14.9 Å². The van der Waals surface area contributed by atoms with Gasteiger partial charge in [0.1, 0.15) is 0 Å². The number of rotatable bonds is 6. The summed E-state index contributed by atoms with van der Waals surface area (Å²) < 4.78 is 11.9. The largest absolute Gasteiger partial charge is 0.376 e. The highest BCUT2D eigenvalue weighted by Gasteiger charge is 2.41. The minimum Gasteiger partial charge on any atom is -0.376 e. The highest BCUT2D eigenvalue weighted by atomic mass is 16.5. The molecule has 0 amide bonds. The smallest absolute Gasteiger partial charge is 0.0635 e. The fraction of sp³-hybridized carbons (Fsp3) is 0.739. The summed E-state index contributed by atoms with van der Waals surface area (Å²) >= 11 is 0. The summed E-state index contributed by atoms with van der Waals surface area (Å²) in [6.45, 7) is 12.8. The third-order valence-corrected chi connectivity index (χ3v) is 6.24. The van der Waals surface area contributed by atoms with Crippen LogP contribution in [0.1, 0.15) is 65.4 Å². The molecule has 1 aromatic carbocycles. The average molecular weight is 360 g/mol. The standard InChI is InChI=1S/C23H37NO2/c1-21(2)16-19(10-14-25-21)17-24-13-11-23(20-8-6-5-7-9-20)12-15-26-22(3,4)18-23/h5-9,19,24H,10-18H2,1-4H3/t19-,23-/m0/s1. The lowest BCUT2D eigenvalue weighted by atomic mass is 9.67. The van der Waals surface area contributed by atoms with E-state index in [1.54, 1.807) is 0 Å². The van der Waals surface area contributed by atoms with Crippen molar-refractivity contribution in [2.75, 3.05) is 26.3 Å². The lowest BCUT2D eigenvalue weighted by Crippen LogP contribution is -2.45. The number of ether oxygens (including phenoxy) is 2. The Bertz CT molecular complexity index is 569. The average Bonchev–Trinajstić information content (AvgIpc) is 2.58. The summed E-state index contributed by atoms with van der Waals surface area (Å²) in [4.78, 5) is 0. The summed E-state index contributed by atoms with van der Waals surface area (Å²) in [7, 11) is 0. The third-order valence-electron chi connectivity index (χ3n) is 6.24. The van der Waals surface area contributed by atoms with Crippen molar-refractivity contribution in [3.05, 3.63) is 35.9 Å². The summed E-state index contributed by atoms with van der Waals surface area (Å²) in [5.74, 6) is 0.734. The first-order valence-corrected chi connectivity index (χ1v) is 10.3. The Morgan fingerprint density at radius 1 is 1.00 bits per heavy atom. The molecule has 3 heteroatoms. The Labute approximate surface area is 159 Å². The Morgan fingerprint density at radius 3 is 2.42 bits per heavy atom. The quantitative estimate of drug-likeness (QED) is 0.747. The Hall–Kier alpha value is -0.900. The normalized spacial score (nSPS) is 30.8. The van der Waals surface area contributed by atoms with Crippen LogP contribution < -0.4 is 5.32 Å². The first kappa shape index (κ1) is 19.9. The third kappa shape index (κ3) is 5.09. The van der Waals surface area contributed by atoms with Gasteiger partial charge in [0.2, 0.25) is 0 Å². The fourth-order valence-electron chi connectivity index (χ4n) is 5.04. The van der Waals surface area contributed by atoms with E-state index >= 15 is 0 Å². The molecule has 0 bridgehead atoms. The molecule has 2 heterocycles. The summed E-state index contributed by atoms with van der Waals surface area (Å²) in [6, 6.07) is 11.1. The van der Waals surface area contributed by atoms with Crippen LogP contribution in [0.2, 0.25) is 0 Å². The van der Waals surface area contributed by atoms with Crippen molar-refractivity contribution in [2.45, 2.75) is 76.4 Å². The number of nitrogens with one attached hydrogen (secondary N) is 1. The van der Waals surface area contributed by atoms with Crippen molar-refractivity contribution in [1.82, 2.24) is 5.32 Å². The zero-order valence-corrected chi connectivity index (χ0v) is 17.1. The molecule has 1 aromatic rings. The molecule has 0 radical (unpaired) electrons. The first-order valence-electron chi connectivity index (χ1n) is 10.3.